The third-order valence-electron chi connectivity index (χ3n) is 3.34. The van der Waals surface area contributed by atoms with Crippen molar-refractivity contribution in [1.82, 2.24) is 0 Å². The minimum absolute atomic E-state index is 0.300. The molecule has 0 aliphatic carbocycles. The second-order valence-corrected chi connectivity index (χ2v) is 4.61. The summed E-state index contributed by atoms with van der Waals surface area (Å²) in [5.74, 6) is 14.4. The largest absolute Gasteiger partial charge is 0.424 e. The van der Waals surface area contributed by atoms with Gasteiger partial charge >= 0.3 is 6.92 Å². The molecule has 0 radical (unpaired) electrons. The lowest BCUT2D eigenvalue weighted by atomic mass is 9.59. The Balaban J connectivity index is 1.75. The standard InChI is InChI=1S/C20H9BO2/c1-2-3-4-5-6-11-16-22-23-21-19-14-9-7-12-17(19)18-13-8-10-15-20(18)21/h1,7-10,12-15H. The zero-order chi connectivity index (χ0) is 15.9. The van der Waals surface area contributed by atoms with Gasteiger partial charge < -0.3 is 0 Å². The first kappa shape index (κ1) is 14.4. The van der Waals surface area contributed by atoms with E-state index in [1.807, 2.05) is 36.4 Å². The third kappa shape index (κ3) is 3.07. The van der Waals surface area contributed by atoms with E-state index in [0.29, 0.717) is 0 Å². The summed E-state index contributed by atoms with van der Waals surface area (Å²) in [7, 11) is 0. The molecule has 0 N–H and O–H groups in total. The highest BCUT2D eigenvalue weighted by Gasteiger charge is 2.35. The Labute approximate surface area is 135 Å². The first-order valence-corrected chi connectivity index (χ1v) is 6.88. The molecule has 2 aromatic carbocycles. The van der Waals surface area contributed by atoms with Crippen LogP contribution < -0.4 is 10.9 Å². The van der Waals surface area contributed by atoms with Crippen LogP contribution in [0.15, 0.2) is 48.5 Å². The molecule has 2 nitrogen and oxygen atoms in total. The average Bonchev–Trinajstić information content (AvgIpc) is 2.92. The van der Waals surface area contributed by atoms with Crippen molar-refractivity contribution < 1.29 is 9.69 Å². The Morgan fingerprint density at radius 2 is 1.30 bits per heavy atom. The van der Waals surface area contributed by atoms with E-state index in [1.165, 1.54) is 0 Å². The Morgan fingerprint density at radius 3 is 1.96 bits per heavy atom. The van der Waals surface area contributed by atoms with Crippen molar-refractivity contribution in [3.05, 3.63) is 48.5 Å². The minimum Gasteiger partial charge on any atom is -0.297 e. The lowest BCUT2D eigenvalue weighted by molar-refractivity contribution is -0.135. The van der Waals surface area contributed by atoms with Gasteiger partial charge in [-0.05, 0) is 39.8 Å². The van der Waals surface area contributed by atoms with Gasteiger partial charge in [-0.2, -0.15) is 0 Å². The van der Waals surface area contributed by atoms with Crippen molar-refractivity contribution in [2.45, 2.75) is 0 Å². The maximum absolute atomic E-state index is 5.47. The lowest BCUT2D eigenvalue weighted by Gasteiger charge is -2.06. The molecule has 0 bridgehead atoms. The maximum Gasteiger partial charge on any atom is 0.424 e. The number of fused-ring (bicyclic) bond motifs is 3. The quantitative estimate of drug-likeness (QED) is 0.360. The van der Waals surface area contributed by atoms with E-state index < -0.39 is 0 Å². The molecule has 0 fully saturated rings. The Hall–Kier alpha value is -3.50. The predicted molar refractivity (Wildman–Crippen MR) is 91.2 cm³/mol. The van der Waals surface area contributed by atoms with Crippen molar-refractivity contribution in [2.75, 3.05) is 0 Å². The van der Waals surface area contributed by atoms with Gasteiger partial charge in [0.05, 0.1) is 0 Å². The van der Waals surface area contributed by atoms with Crippen molar-refractivity contribution in [3.63, 3.8) is 0 Å². The van der Waals surface area contributed by atoms with Crippen molar-refractivity contribution in [2.24, 2.45) is 0 Å². The maximum atomic E-state index is 5.47. The van der Waals surface area contributed by atoms with E-state index >= 15 is 0 Å². The van der Waals surface area contributed by atoms with Crippen LogP contribution >= 0.6 is 0 Å². The number of hydrogen-bond acceptors (Lipinski definition) is 2. The Kier molecular flexibility index (Phi) is 4.38. The van der Waals surface area contributed by atoms with Crippen LogP contribution in [0, 0.1) is 48.1 Å². The molecule has 104 valence electrons. The Morgan fingerprint density at radius 1 is 0.739 bits per heavy atom. The van der Waals surface area contributed by atoms with Crippen LogP contribution in [-0.4, -0.2) is 6.92 Å². The number of rotatable bonds is 2. The second kappa shape index (κ2) is 6.98. The van der Waals surface area contributed by atoms with Gasteiger partial charge in [-0.3, -0.25) is 4.89 Å². The molecule has 23 heavy (non-hydrogen) atoms. The smallest absolute Gasteiger partial charge is 0.297 e. The van der Waals surface area contributed by atoms with Gasteiger partial charge in [0.2, 0.25) is 0 Å². The normalized spacial score (nSPS) is 9.61. The van der Waals surface area contributed by atoms with E-state index in [9.17, 15) is 0 Å². The van der Waals surface area contributed by atoms with Crippen LogP contribution in [0.4, 0.5) is 0 Å². The molecule has 1 heterocycles. The lowest BCUT2D eigenvalue weighted by Crippen LogP contribution is -2.40. The fraction of sp³-hybridized carbons (Fsp3) is 0. The molecule has 1 aliphatic rings. The van der Waals surface area contributed by atoms with Crippen molar-refractivity contribution in [1.29, 1.82) is 0 Å². The fourth-order valence-corrected chi connectivity index (χ4v) is 2.46. The van der Waals surface area contributed by atoms with Gasteiger partial charge in [-0.1, -0.05) is 48.5 Å². The van der Waals surface area contributed by atoms with Crippen LogP contribution in [0.2, 0.25) is 0 Å². The van der Waals surface area contributed by atoms with Crippen LogP contribution in [-0.2, 0) is 9.69 Å². The van der Waals surface area contributed by atoms with E-state index in [2.05, 4.69) is 53.8 Å². The van der Waals surface area contributed by atoms with Crippen molar-refractivity contribution >= 4 is 17.8 Å². The van der Waals surface area contributed by atoms with E-state index in [-0.39, 0.29) is 6.92 Å². The van der Waals surface area contributed by atoms with Crippen molar-refractivity contribution in [3.8, 4) is 59.2 Å². The first-order chi connectivity index (χ1) is 11.4. The topological polar surface area (TPSA) is 18.5 Å². The molecule has 0 saturated carbocycles. The first-order valence-electron chi connectivity index (χ1n) is 6.88. The summed E-state index contributed by atoms with van der Waals surface area (Å²) >= 11 is 0. The Bertz CT molecular complexity index is 920. The zero-order valence-electron chi connectivity index (χ0n) is 12.1. The van der Waals surface area contributed by atoms with Crippen LogP contribution in [0.25, 0.3) is 11.1 Å². The van der Waals surface area contributed by atoms with E-state index in [1.54, 1.807) is 0 Å². The SMILES string of the molecule is C#CC#CC#CC#COOB1c2ccccc2-c2ccccc21. The number of benzene rings is 2. The van der Waals surface area contributed by atoms with E-state index in [4.69, 9.17) is 16.1 Å². The summed E-state index contributed by atoms with van der Waals surface area (Å²) in [5.41, 5.74) is 4.41. The molecule has 0 spiro atoms. The van der Waals surface area contributed by atoms with Gasteiger partial charge in [-0.25, -0.2) is 4.81 Å². The van der Waals surface area contributed by atoms with Crippen LogP contribution in [0.1, 0.15) is 0 Å². The molecule has 1 aliphatic heterocycles. The summed E-state index contributed by atoms with van der Waals surface area (Å²) in [6.45, 7) is -0.300. The van der Waals surface area contributed by atoms with Gasteiger partial charge in [-0.15, -0.1) is 6.42 Å². The molecular weight excluding hydrogens is 283 g/mol. The summed E-state index contributed by atoms with van der Waals surface area (Å²) in [6, 6.07) is 16.1. The fourth-order valence-electron chi connectivity index (χ4n) is 2.46. The van der Waals surface area contributed by atoms with Crippen LogP contribution in [0.3, 0.4) is 0 Å². The highest BCUT2D eigenvalue weighted by molar-refractivity contribution is 6.84. The highest BCUT2D eigenvalue weighted by atomic mass is 17.2. The van der Waals surface area contributed by atoms with Gasteiger partial charge in [0.15, 0.2) is 6.11 Å². The molecule has 0 unspecified atom stereocenters. The molecule has 0 atom stereocenters. The molecule has 3 heteroatoms. The third-order valence-corrected chi connectivity index (χ3v) is 3.34. The molecular formula is C20H9BO2. The summed E-state index contributed by atoms with van der Waals surface area (Å²) in [4.78, 5) is 10.5. The predicted octanol–water partition coefficient (Wildman–Crippen LogP) is 1.32. The van der Waals surface area contributed by atoms with Gasteiger partial charge in [0.25, 0.3) is 0 Å². The van der Waals surface area contributed by atoms with Gasteiger partial charge in [0, 0.05) is 17.8 Å². The minimum atomic E-state index is -0.300. The second-order valence-electron chi connectivity index (χ2n) is 4.61. The van der Waals surface area contributed by atoms with Crippen LogP contribution in [0.5, 0.6) is 0 Å². The average molecular weight is 292 g/mol. The molecule has 0 amide bonds. The van der Waals surface area contributed by atoms with E-state index in [0.717, 1.165) is 22.1 Å². The highest BCUT2D eigenvalue weighted by Crippen LogP contribution is 2.22. The summed E-state index contributed by atoms with van der Waals surface area (Å²) in [5, 5.41) is 0. The number of terminal acetylenes is 1. The summed E-state index contributed by atoms with van der Waals surface area (Å²) in [6.07, 6.45) is 7.35. The molecule has 0 saturated heterocycles. The zero-order valence-corrected chi connectivity index (χ0v) is 12.1. The number of hydrogen-bond donors (Lipinski definition) is 0. The molecule has 2 aromatic rings. The monoisotopic (exact) mass is 292 g/mol. The van der Waals surface area contributed by atoms with Gasteiger partial charge in [0.1, 0.15) is 0 Å². The molecule has 3 rings (SSSR count). The summed E-state index contributed by atoms with van der Waals surface area (Å²) < 4.78 is 0. The molecule has 0 aromatic heterocycles.